The van der Waals surface area contributed by atoms with Crippen molar-refractivity contribution in [3.05, 3.63) is 29.3 Å². The Bertz CT molecular complexity index is 369. The smallest absolute Gasteiger partial charge is 0.0375 e. The highest BCUT2D eigenvalue weighted by molar-refractivity contribution is 5.85. The van der Waals surface area contributed by atoms with E-state index in [0.717, 1.165) is 13.1 Å². The Morgan fingerprint density at radius 3 is 2.68 bits per heavy atom. The molecule has 1 aromatic carbocycles. The van der Waals surface area contributed by atoms with Gasteiger partial charge in [0, 0.05) is 18.3 Å². The van der Waals surface area contributed by atoms with Crippen molar-refractivity contribution in [1.29, 1.82) is 0 Å². The van der Waals surface area contributed by atoms with Gasteiger partial charge in [0.2, 0.25) is 0 Å². The van der Waals surface area contributed by atoms with Crippen molar-refractivity contribution in [2.75, 3.05) is 18.4 Å². The molecular weight excluding hydrogens is 279 g/mol. The Morgan fingerprint density at radius 2 is 2.00 bits per heavy atom. The summed E-state index contributed by atoms with van der Waals surface area (Å²) in [5.41, 5.74) is 4.42. The number of halogens is 2. The molecule has 19 heavy (non-hydrogen) atoms. The summed E-state index contributed by atoms with van der Waals surface area (Å²) in [4.78, 5) is 0. The minimum Gasteiger partial charge on any atom is -0.385 e. The summed E-state index contributed by atoms with van der Waals surface area (Å²) >= 11 is 0. The first-order chi connectivity index (χ1) is 8.35. The van der Waals surface area contributed by atoms with Crippen molar-refractivity contribution >= 4 is 30.5 Å². The van der Waals surface area contributed by atoms with Crippen LogP contribution in [0.2, 0.25) is 0 Å². The van der Waals surface area contributed by atoms with Crippen LogP contribution in [0.3, 0.4) is 0 Å². The molecule has 0 fully saturated rings. The normalized spacial score (nSPS) is 16.8. The van der Waals surface area contributed by atoms with Crippen LogP contribution in [-0.2, 0) is 12.8 Å². The third kappa shape index (κ3) is 4.87. The van der Waals surface area contributed by atoms with Gasteiger partial charge in [-0.1, -0.05) is 19.1 Å². The van der Waals surface area contributed by atoms with Gasteiger partial charge >= 0.3 is 0 Å². The van der Waals surface area contributed by atoms with Crippen LogP contribution in [-0.4, -0.2) is 19.1 Å². The van der Waals surface area contributed by atoms with E-state index < -0.39 is 0 Å². The molecule has 110 valence electrons. The van der Waals surface area contributed by atoms with Crippen LogP contribution in [0.25, 0.3) is 0 Å². The highest BCUT2D eigenvalue weighted by atomic mass is 35.5. The maximum atomic E-state index is 3.64. The fourth-order valence-corrected chi connectivity index (χ4v) is 2.69. The molecule has 2 N–H and O–H groups in total. The molecule has 0 amide bonds. The summed E-state index contributed by atoms with van der Waals surface area (Å²) in [5.74, 6) is 0. The summed E-state index contributed by atoms with van der Waals surface area (Å²) in [6.45, 7) is 6.54. The third-order valence-corrected chi connectivity index (χ3v) is 3.53. The lowest BCUT2D eigenvalue weighted by molar-refractivity contribution is 0.459. The van der Waals surface area contributed by atoms with Crippen molar-refractivity contribution < 1.29 is 0 Å². The molecule has 1 unspecified atom stereocenters. The topological polar surface area (TPSA) is 24.1 Å². The maximum Gasteiger partial charge on any atom is 0.0375 e. The first-order valence-electron chi connectivity index (χ1n) is 6.93. The Labute approximate surface area is 129 Å². The molecule has 0 saturated heterocycles. The second-order valence-corrected chi connectivity index (χ2v) is 4.87. The highest BCUT2D eigenvalue weighted by Crippen LogP contribution is 2.27. The van der Waals surface area contributed by atoms with Gasteiger partial charge in [-0.25, -0.2) is 0 Å². The van der Waals surface area contributed by atoms with Crippen LogP contribution in [0.5, 0.6) is 0 Å². The van der Waals surface area contributed by atoms with Crippen LogP contribution < -0.4 is 10.6 Å². The predicted molar refractivity (Wildman–Crippen MR) is 89.2 cm³/mol. The Kier molecular flexibility index (Phi) is 9.24. The zero-order chi connectivity index (χ0) is 12.1. The molecule has 1 aliphatic rings. The van der Waals surface area contributed by atoms with E-state index in [0.29, 0.717) is 6.04 Å². The minimum absolute atomic E-state index is 0. The Balaban J connectivity index is 0.00000162. The summed E-state index contributed by atoms with van der Waals surface area (Å²) in [6, 6.07) is 7.36. The average molecular weight is 305 g/mol. The van der Waals surface area contributed by atoms with E-state index >= 15 is 0 Å². The molecule has 2 rings (SSSR count). The molecule has 0 saturated carbocycles. The maximum absolute atomic E-state index is 3.64. The second kappa shape index (κ2) is 9.46. The van der Waals surface area contributed by atoms with E-state index in [2.05, 4.69) is 42.7 Å². The fraction of sp³-hybridized carbons (Fsp3) is 0.600. The first-order valence-corrected chi connectivity index (χ1v) is 6.93. The molecule has 4 heteroatoms. The van der Waals surface area contributed by atoms with Crippen LogP contribution in [0, 0.1) is 0 Å². The van der Waals surface area contributed by atoms with E-state index in [9.17, 15) is 0 Å². The van der Waals surface area contributed by atoms with Crippen LogP contribution in [0.15, 0.2) is 18.2 Å². The van der Waals surface area contributed by atoms with Gasteiger partial charge in [0.15, 0.2) is 0 Å². The number of fused-ring (bicyclic) bond motifs is 1. The average Bonchev–Trinajstić information content (AvgIpc) is 2.37. The number of benzene rings is 1. The van der Waals surface area contributed by atoms with Crippen molar-refractivity contribution in [2.45, 2.75) is 45.6 Å². The molecule has 0 aliphatic heterocycles. The standard InChI is InChI=1S/C15H24N2.2ClH/c1-3-10-17-13-8-9-14-12(11-13)6-5-7-15(14)16-4-2;;/h5-7,13,16-17H,3-4,8-11H2,1-2H3;2*1H. The van der Waals surface area contributed by atoms with E-state index in [4.69, 9.17) is 0 Å². The Hall–Kier alpha value is -0.440. The fourth-order valence-electron chi connectivity index (χ4n) is 2.69. The van der Waals surface area contributed by atoms with Crippen LogP contribution in [0.1, 0.15) is 37.8 Å². The monoisotopic (exact) mass is 304 g/mol. The molecule has 2 nitrogen and oxygen atoms in total. The van der Waals surface area contributed by atoms with Crippen LogP contribution >= 0.6 is 24.8 Å². The summed E-state index contributed by atoms with van der Waals surface area (Å²) in [6.07, 6.45) is 4.89. The highest BCUT2D eigenvalue weighted by Gasteiger charge is 2.19. The van der Waals surface area contributed by atoms with Crippen molar-refractivity contribution in [3.63, 3.8) is 0 Å². The molecule has 0 radical (unpaired) electrons. The molecular formula is C15H26Cl2N2. The van der Waals surface area contributed by atoms with Gasteiger partial charge in [0.05, 0.1) is 0 Å². The lowest BCUT2D eigenvalue weighted by atomic mass is 9.87. The van der Waals surface area contributed by atoms with Gasteiger partial charge in [-0.2, -0.15) is 0 Å². The quantitative estimate of drug-likeness (QED) is 0.864. The second-order valence-electron chi connectivity index (χ2n) is 4.87. The lowest BCUT2D eigenvalue weighted by Gasteiger charge is -2.27. The Morgan fingerprint density at radius 1 is 1.21 bits per heavy atom. The van der Waals surface area contributed by atoms with Gasteiger partial charge in [0.1, 0.15) is 0 Å². The zero-order valence-corrected chi connectivity index (χ0v) is 13.5. The van der Waals surface area contributed by atoms with Gasteiger partial charge in [-0.05, 0) is 56.3 Å². The van der Waals surface area contributed by atoms with Gasteiger partial charge < -0.3 is 10.6 Å². The molecule has 1 atom stereocenters. The zero-order valence-electron chi connectivity index (χ0n) is 11.9. The van der Waals surface area contributed by atoms with E-state index in [1.54, 1.807) is 5.56 Å². The molecule has 0 spiro atoms. The molecule has 1 aromatic rings. The van der Waals surface area contributed by atoms with Gasteiger partial charge in [0.25, 0.3) is 0 Å². The van der Waals surface area contributed by atoms with E-state index in [-0.39, 0.29) is 24.8 Å². The van der Waals surface area contributed by atoms with Crippen molar-refractivity contribution in [1.82, 2.24) is 5.32 Å². The number of hydrogen-bond acceptors (Lipinski definition) is 2. The summed E-state index contributed by atoms with van der Waals surface area (Å²) < 4.78 is 0. The lowest BCUT2D eigenvalue weighted by Crippen LogP contribution is -2.35. The van der Waals surface area contributed by atoms with E-state index in [1.807, 2.05) is 0 Å². The predicted octanol–water partition coefficient (Wildman–Crippen LogP) is 3.82. The first kappa shape index (κ1) is 18.6. The number of nitrogens with one attached hydrogen (secondary N) is 2. The number of hydrogen-bond donors (Lipinski definition) is 2. The van der Waals surface area contributed by atoms with Crippen molar-refractivity contribution in [2.24, 2.45) is 0 Å². The summed E-state index contributed by atoms with van der Waals surface area (Å²) in [7, 11) is 0. The largest absolute Gasteiger partial charge is 0.385 e. The molecule has 0 aromatic heterocycles. The number of rotatable bonds is 5. The van der Waals surface area contributed by atoms with Gasteiger partial charge in [-0.3, -0.25) is 0 Å². The van der Waals surface area contributed by atoms with Crippen LogP contribution in [0.4, 0.5) is 5.69 Å². The molecule has 0 heterocycles. The summed E-state index contributed by atoms with van der Waals surface area (Å²) in [5, 5.41) is 7.12. The van der Waals surface area contributed by atoms with Crippen molar-refractivity contribution in [3.8, 4) is 0 Å². The van der Waals surface area contributed by atoms with E-state index in [1.165, 1.54) is 36.9 Å². The SMILES string of the molecule is CCCNC1CCc2c(cccc2NCC)C1.Cl.Cl. The van der Waals surface area contributed by atoms with Gasteiger partial charge in [-0.15, -0.1) is 24.8 Å². The molecule has 0 bridgehead atoms. The third-order valence-electron chi connectivity index (χ3n) is 3.53. The minimum atomic E-state index is 0. The number of anilines is 1. The molecule has 1 aliphatic carbocycles.